The van der Waals surface area contributed by atoms with Gasteiger partial charge in [0, 0.05) is 37.3 Å². The van der Waals surface area contributed by atoms with E-state index in [0.717, 1.165) is 48.8 Å². The van der Waals surface area contributed by atoms with Gasteiger partial charge in [0.05, 0.1) is 11.8 Å². The zero-order chi connectivity index (χ0) is 22.9. The minimum Gasteiger partial charge on any atom is -0.471 e. The lowest BCUT2D eigenvalue weighted by Crippen LogP contribution is -2.22. The van der Waals surface area contributed by atoms with Crippen molar-refractivity contribution < 1.29 is 4.74 Å². The van der Waals surface area contributed by atoms with Crippen molar-refractivity contribution in [2.45, 2.75) is 44.7 Å². The van der Waals surface area contributed by atoms with Crippen LogP contribution in [0.15, 0.2) is 47.8 Å². The summed E-state index contributed by atoms with van der Waals surface area (Å²) >= 11 is 0. The van der Waals surface area contributed by atoms with Crippen LogP contribution >= 0.6 is 10.7 Å². The highest BCUT2D eigenvalue weighted by Gasteiger charge is 2.28. The van der Waals surface area contributed by atoms with E-state index in [9.17, 15) is 0 Å². The maximum atomic E-state index is 6.41. The molecule has 2 atom stereocenters. The van der Waals surface area contributed by atoms with Crippen molar-refractivity contribution in [2.24, 2.45) is 7.05 Å². The number of imidazole rings is 1. The van der Waals surface area contributed by atoms with Crippen molar-refractivity contribution in [3.63, 3.8) is 0 Å². The molecule has 2 unspecified atom stereocenters. The first kappa shape index (κ1) is 21.8. The predicted octanol–water partition coefficient (Wildman–Crippen LogP) is 4.07. The minimum atomic E-state index is -0.0352. The summed E-state index contributed by atoms with van der Waals surface area (Å²) in [4.78, 5) is 15.2. The van der Waals surface area contributed by atoms with Crippen LogP contribution in [-0.4, -0.2) is 58.2 Å². The van der Waals surface area contributed by atoms with Crippen LogP contribution in [0.25, 0.3) is 22.6 Å². The Balaban J connectivity index is 1.40. The Bertz CT molecular complexity index is 1310. The number of rotatable bonds is 6. The van der Waals surface area contributed by atoms with Crippen LogP contribution in [0.1, 0.15) is 26.0 Å². The second kappa shape index (κ2) is 9.07. The van der Waals surface area contributed by atoms with Crippen LogP contribution in [0.2, 0.25) is 0 Å². The topological polar surface area (TPSA) is 73.9 Å². The molecule has 0 amide bonds. The number of ether oxygens (including phenoxy) is 1. The average Bonchev–Trinajstić information content (AvgIpc) is 3.53. The van der Waals surface area contributed by atoms with Crippen molar-refractivity contribution in [3.05, 3.63) is 48.5 Å². The molecule has 5 rings (SSSR count). The Hall–Kier alpha value is -3.04. The van der Waals surface area contributed by atoms with Gasteiger partial charge in [-0.05, 0) is 44.7 Å². The quantitative estimate of drug-likeness (QED) is 0.401. The smallest absolute Gasteiger partial charge is 0.245 e. The largest absolute Gasteiger partial charge is 0.471 e. The maximum Gasteiger partial charge on any atom is 0.245 e. The van der Waals surface area contributed by atoms with Crippen molar-refractivity contribution in [2.75, 3.05) is 13.1 Å². The van der Waals surface area contributed by atoms with Gasteiger partial charge in [-0.1, -0.05) is 28.9 Å². The van der Waals surface area contributed by atoms with E-state index in [-0.39, 0.29) is 16.8 Å². The molecule has 172 valence electrons. The molecule has 1 aliphatic rings. The summed E-state index contributed by atoms with van der Waals surface area (Å²) in [7, 11) is 1.94. The van der Waals surface area contributed by atoms with E-state index >= 15 is 0 Å². The van der Waals surface area contributed by atoms with Crippen LogP contribution in [0.5, 0.6) is 5.88 Å². The highest BCUT2D eigenvalue weighted by atomic mass is 32.2. The summed E-state index contributed by atoms with van der Waals surface area (Å²) in [5.74, 6) is 1.38. The molecule has 4 aromatic rings. The first-order valence-electron chi connectivity index (χ1n) is 11.3. The summed E-state index contributed by atoms with van der Waals surface area (Å²) < 4.78 is 12.9. The molecule has 1 aromatic carbocycles. The van der Waals surface area contributed by atoms with E-state index in [4.69, 9.17) is 9.72 Å². The molecule has 3 aromatic heterocycles. The van der Waals surface area contributed by atoms with Gasteiger partial charge >= 0.3 is 0 Å². The number of hydrogen-bond acceptors (Lipinski definition) is 6. The van der Waals surface area contributed by atoms with Gasteiger partial charge in [-0.3, -0.25) is 4.68 Å². The fraction of sp³-hybridized carbons (Fsp3) is 0.375. The third-order valence-electron chi connectivity index (χ3n) is 6.14. The highest BCUT2D eigenvalue weighted by Crippen LogP contribution is 2.35. The third kappa shape index (κ3) is 3.95. The summed E-state index contributed by atoms with van der Waals surface area (Å²) in [5, 5.41) is 6.76. The van der Waals surface area contributed by atoms with Gasteiger partial charge in [-0.15, -0.1) is 0 Å². The Morgan fingerprint density at radius 1 is 1.21 bits per heavy atom. The zero-order valence-electron chi connectivity index (χ0n) is 19.5. The Labute approximate surface area is 196 Å². The molecule has 4 heterocycles. The molecule has 0 bridgehead atoms. The minimum absolute atomic E-state index is 0.0352. The Kier molecular flexibility index (Phi) is 5.99. The lowest BCUT2D eigenvalue weighted by molar-refractivity contribution is 0.210. The Morgan fingerprint density at radius 3 is 2.76 bits per heavy atom. The fourth-order valence-electron chi connectivity index (χ4n) is 4.41. The summed E-state index contributed by atoms with van der Waals surface area (Å²) in [5.41, 5.74) is 3.54. The lowest BCUT2D eigenvalue weighted by atomic mass is 10.2. The van der Waals surface area contributed by atoms with E-state index in [1.165, 1.54) is 4.90 Å². The monoisotopic (exact) mass is 463 g/mol. The van der Waals surface area contributed by atoms with Gasteiger partial charge in [0.15, 0.2) is 11.2 Å². The molecule has 0 N–H and O–H groups in total. The van der Waals surface area contributed by atoms with Gasteiger partial charge in [-0.2, -0.15) is 10.1 Å². The number of benzene rings is 1. The number of hydrogen-bond donors (Lipinski definition) is 0. The second-order valence-electron chi connectivity index (χ2n) is 8.08. The first-order valence-corrected chi connectivity index (χ1v) is 12.5. The zero-order valence-corrected chi connectivity index (χ0v) is 20.3. The van der Waals surface area contributed by atoms with Gasteiger partial charge in [0.2, 0.25) is 5.88 Å². The fourth-order valence-corrected chi connectivity index (χ4v) is 6.35. The maximum absolute atomic E-state index is 6.41. The number of nitrogens with zero attached hydrogens (tertiary/aromatic N) is 7. The number of fused-ring (bicyclic) bond motifs is 1. The highest BCUT2D eigenvalue weighted by molar-refractivity contribution is 8.13. The first-order chi connectivity index (χ1) is 16.1. The average molecular weight is 464 g/mol. The summed E-state index contributed by atoms with van der Waals surface area (Å²) in [6.07, 6.45) is 4.45. The Morgan fingerprint density at radius 2 is 2.03 bits per heavy atom. The van der Waals surface area contributed by atoms with Crippen molar-refractivity contribution in [3.8, 4) is 17.3 Å². The van der Waals surface area contributed by atoms with E-state index in [1.807, 2.05) is 22.5 Å². The van der Waals surface area contributed by atoms with Gasteiger partial charge in [-0.25, -0.2) is 14.3 Å². The van der Waals surface area contributed by atoms with Crippen molar-refractivity contribution in [1.29, 1.82) is 0 Å². The van der Waals surface area contributed by atoms with Crippen molar-refractivity contribution in [1.82, 2.24) is 33.6 Å². The van der Waals surface area contributed by atoms with Gasteiger partial charge in [0.1, 0.15) is 18.3 Å². The summed E-state index contributed by atoms with van der Waals surface area (Å²) in [6, 6.07) is 10.7. The number of aryl methyl sites for hydroxylation is 2. The molecule has 33 heavy (non-hydrogen) atoms. The van der Waals surface area contributed by atoms with Crippen LogP contribution in [-0.2, 0) is 13.6 Å². The molecule has 1 saturated heterocycles. The van der Waals surface area contributed by atoms with E-state index in [2.05, 4.69) is 75.8 Å². The van der Waals surface area contributed by atoms with Crippen molar-refractivity contribution >= 4 is 27.2 Å². The molecular weight excluding hydrogens is 434 g/mol. The lowest BCUT2D eigenvalue weighted by Gasteiger charge is -2.21. The van der Waals surface area contributed by atoms with E-state index in [0.29, 0.717) is 11.4 Å². The molecule has 0 spiro atoms. The molecule has 1 fully saturated rings. The third-order valence-corrected chi connectivity index (χ3v) is 8.23. The van der Waals surface area contributed by atoms with Crippen LogP contribution in [0.3, 0.4) is 0 Å². The molecule has 9 heteroatoms. The summed E-state index contributed by atoms with van der Waals surface area (Å²) in [6.45, 7) is 8.95. The molecule has 0 aliphatic carbocycles. The molecule has 1 aliphatic heterocycles. The van der Waals surface area contributed by atoms with E-state index in [1.54, 1.807) is 6.33 Å². The van der Waals surface area contributed by atoms with Crippen LogP contribution in [0, 0.1) is 6.92 Å². The second-order valence-corrected chi connectivity index (χ2v) is 10.2. The molecule has 0 radical (unpaired) electrons. The SMILES string of the molecule is CC=S(c1ccccc1)N1CCC(Oc2ncnc3c2nc(-c2cnn(CC)c2C)n3C)C1. The van der Waals surface area contributed by atoms with Gasteiger partial charge < -0.3 is 9.30 Å². The standard InChI is InChI=1S/C24H29N7OS/c1-5-31-17(3)20(14-27-31)22-28-21-23(29(22)4)25-16-26-24(21)32-18-12-13-30(15-18)33(6-2)19-10-8-7-9-11-19/h6-11,14,16,18H,5,12-13,15H2,1-4H3. The van der Waals surface area contributed by atoms with E-state index < -0.39 is 0 Å². The molecule has 8 nitrogen and oxygen atoms in total. The normalized spacial score (nSPS) is 17.8. The molecule has 0 saturated carbocycles. The predicted molar refractivity (Wildman–Crippen MR) is 133 cm³/mol. The number of aromatic nitrogens is 6. The molecular formula is C24H29N7OS. The van der Waals surface area contributed by atoms with Crippen LogP contribution in [0.4, 0.5) is 0 Å². The van der Waals surface area contributed by atoms with Gasteiger partial charge in [0.25, 0.3) is 0 Å². The van der Waals surface area contributed by atoms with Crippen LogP contribution < -0.4 is 4.74 Å².